The van der Waals surface area contributed by atoms with Crippen LogP contribution in [-0.2, 0) is 0 Å². The first-order valence-corrected chi connectivity index (χ1v) is 7.80. The lowest BCUT2D eigenvalue weighted by molar-refractivity contribution is 0.631. The zero-order valence-electron chi connectivity index (χ0n) is 9.45. The van der Waals surface area contributed by atoms with Crippen molar-refractivity contribution in [1.29, 1.82) is 0 Å². The van der Waals surface area contributed by atoms with Crippen molar-refractivity contribution in [2.24, 2.45) is 0 Å². The number of benzene rings is 2. The lowest BCUT2D eigenvalue weighted by Gasteiger charge is -2.04. The Kier molecular flexibility index (Phi) is 3.56. The van der Waals surface area contributed by atoms with Crippen molar-refractivity contribution in [2.75, 3.05) is 5.32 Å². The Balaban J connectivity index is 1.98. The molecule has 19 heavy (non-hydrogen) atoms. The maximum absolute atomic E-state index is 13.7. The average Bonchev–Trinajstić information content (AvgIpc) is 2.75. The van der Waals surface area contributed by atoms with Crippen molar-refractivity contribution in [1.82, 2.24) is 4.98 Å². The minimum absolute atomic E-state index is 0.302. The predicted molar refractivity (Wildman–Crippen MR) is 84.7 cm³/mol. The van der Waals surface area contributed by atoms with E-state index in [1.54, 1.807) is 12.1 Å². The van der Waals surface area contributed by atoms with Gasteiger partial charge in [-0.1, -0.05) is 43.2 Å². The van der Waals surface area contributed by atoms with Crippen LogP contribution in [0.3, 0.4) is 0 Å². The molecule has 1 heterocycles. The zero-order valence-corrected chi connectivity index (χ0v) is 13.4. The molecule has 0 saturated carbocycles. The van der Waals surface area contributed by atoms with Gasteiger partial charge in [-0.25, -0.2) is 9.37 Å². The van der Waals surface area contributed by atoms with Crippen LogP contribution in [0, 0.1) is 5.82 Å². The number of halogens is 3. The van der Waals surface area contributed by atoms with Crippen molar-refractivity contribution in [3.63, 3.8) is 0 Å². The van der Waals surface area contributed by atoms with Crippen LogP contribution in [0.2, 0.25) is 0 Å². The van der Waals surface area contributed by atoms with E-state index >= 15 is 0 Å². The Labute approximate surface area is 129 Å². The first-order valence-electron chi connectivity index (χ1n) is 5.40. The quantitative estimate of drug-likeness (QED) is 0.595. The molecule has 0 amide bonds. The summed E-state index contributed by atoms with van der Waals surface area (Å²) in [6.07, 6.45) is 0. The molecule has 0 aliphatic rings. The van der Waals surface area contributed by atoms with Crippen LogP contribution in [0.4, 0.5) is 15.2 Å². The van der Waals surface area contributed by atoms with E-state index in [0.717, 1.165) is 19.2 Å². The number of anilines is 2. The Hall–Kier alpha value is -0.980. The summed E-state index contributed by atoms with van der Waals surface area (Å²) in [6.45, 7) is 0. The fourth-order valence-corrected chi connectivity index (χ4v) is 3.45. The number of hydrogen-bond acceptors (Lipinski definition) is 3. The Morgan fingerprint density at radius 1 is 1.05 bits per heavy atom. The molecule has 2 aromatic carbocycles. The summed E-state index contributed by atoms with van der Waals surface area (Å²) in [4.78, 5) is 4.42. The van der Waals surface area contributed by atoms with Crippen molar-refractivity contribution < 1.29 is 4.39 Å². The largest absolute Gasteiger partial charge is 0.329 e. The average molecular weight is 402 g/mol. The van der Waals surface area contributed by atoms with Crippen molar-refractivity contribution >= 4 is 64.2 Å². The summed E-state index contributed by atoms with van der Waals surface area (Å²) in [7, 11) is 0. The summed E-state index contributed by atoms with van der Waals surface area (Å²) in [5.41, 5.74) is 1.30. The van der Waals surface area contributed by atoms with Crippen molar-refractivity contribution in [3.05, 3.63) is 51.2 Å². The third-order valence-corrected chi connectivity index (χ3v) is 4.44. The van der Waals surface area contributed by atoms with Crippen LogP contribution in [0.5, 0.6) is 0 Å². The van der Waals surface area contributed by atoms with Gasteiger partial charge in [0.15, 0.2) is 5.13 Å². The van der Waals surface area contributed by atoms with E-state index in [0.29, 0.717) is 10.8 Å². The van der Waals surface area contributed by atoms with Crippen LogP contribution >= 0.6 is 43.2 Å². The lowest BCUT2D eigenvalue weighted by Crippen LogP contribution is -1.92. The molecule has 0 aliphatic heterocycles. The van der Waals surface area contributed by atoms with Gasteiger partial charge in [-0.2, -0.15) is 0 Å². The topological polar surface area (TPSA) is 24.9 Å². The van der Waals surface area contributed by atoms with Gasteiger partial charge in [-0.15, -0.1) is 0 Å². The standard InChI is InChI=1S/C13H7Br2FN2S/c14-7-1-3-9(16)11(5-7)18-13-17-10-4-2-8(15)6-12(10)19-13/h1-6H,(H,17,18). The molecule has 0 saturated heterocycles. The summed E-state index contributed by atoms with van der Waals surface area (Å²) in [5, 5.41) is 3.68. The molecule has 0 aliphatic carbocycles. The van der Waals surface area contributed by atoms with Gasteiger partial charge < -0.3 is 5.32 Å². The SMILES string of the molecule is Fc1ccc(Br)cc1Nc1nc2ccc(Br)cc2s1. The van der Waals surface area contributed by atoms with E-state index in [2.05, 4.69) is 42.2 Å². The van der Waals surface area contributed by atoms with Crippen LogP contribution in [-0.4, -0.2) is 4.98 Å². The number of nitrogens with zero attached hydrogens (tertiary/aromatic N) is 1. The Morgan fingerprint density at radius 2 is 1.79 bits per heavy atom. The van der Waals surface area contributed by atoms with Crippen LogP contribution in [0.1, 0.15) is 0 Å². The van der Waals surface area contributed by atoms with E-state index in [-0.39, 0.29) is 5.82 Å². The third-order valence-electron chi connectivity index (χ3n) is 2.52. The Bertz CT molecular complexity index is 757. The second-order valence-corrected chi connectivity index (χ2v) is 6.74. The molecule has 6 heteroatoms. The molecule has 0 fully saturated rings. The van der Waals surface area contributed by atoms with E-state index in [4.69, 9.17) is 0 Å². The molecular weight excluding hydrogens is 395 g/mol. The smallest absolute Gasteiger partial charge is 0.188 e. The highest BCUT2D eigenvalue weighted by Gasteiger charge is 2.08. The predicted octanol–water partition coefficient (Wildman–Crippen LogP) is 5.70. The molecule has 2 nitrogen and oxygen atoms in total. The van der Waals surface area contributed by atoms with Crippen LogP contribution in [0.15, 0.2) is 45.3 Å². The van der Waals surface area contributed by atoms with Gasteiger partial charge in [-0.05, 0) is 36.4 Å². The molecule has 0 unspecified atom stereocenters. The molecule has 0 radical (unpaired) electrons. The fraction of sp³-hybridized carbons (Fsp3) is 0. The molecular formula is C13H7Br2FN2S. The van der Waals surface area contributed by atoms with Gasteiger partial charge in [0.2, 0.25) is 0 Å². The van der Waals surface area contributed by atoms with Crippen LogP contribution < -0.4 is 5.32 Å². The maximum Gasteiger partial charge on any atom is 0.188 e. The van der Waals surface area contributed by atoms with Gasteiger partial charge in [-0.3, -0.25) is 0 Å². The molecule has 0 bridgehead atoms. The molecule has 0 spiro atoms. The van der Waals surface area contributed by atoms with Crippen molar-refractivity contribution in [2.45, 2.75) is 0 Å². The van der Waals surface area contributed by atoms with E-state index in [1.807, 2.05) is 18.2 Å². The maximum atomic E-state index is 13.7. The molecule has 1 aromatic heterocycles. The lowest BCUT2D eigenvalue weighted by atomic mass is 10.3. The number of fused-ring (bicyclic) bond motifs is 1. The summed E-state index contributed by atoms with van der Waals surface area (Å²) >= 11 is 8.23. The molecule has 3 rings (SSSR count). The highest BCUT2D eigenvalue weighted by molar-refractivity contribution is 9.10. The first kappa shape index (κ1) is 13.0. The van der Waals surface area contributed by atoms with Gasteiger partial charge in [0.05, 0.1) is 15.9 Å². The van der Waals surface area contributed by atoms with Gasteiger partial charge in [0.1, 0.15) is 5.82 Å². The second kappa shape index (κ2) is 5.19. The number of hydrogen-bond donors (Lipinski definition) is 1. The summed E-state index contributed by atoms with van der Waals surface area (Å²) in [6, 6.07) is 10.6. The van der Waals surface area contributed by atoms with Gasteiger partial charge in [0.25, 0.3) is 0 Å². The van der Waals surface area contributed by atoms with Crippen LogP contribution in [0.25, 0.3) is 10.2 Å². The molecule has 1 N–H and O–H groups in total. The molecule has 3 aromatic rings. The van der Waals surface area contributed by atoms with E-state index < -0.39 is 0 Å². The van der Waals surface area contributed by atoms with Crippen molar-refractivity contribution in [3.8, 4) is 0 Å². The minimum Gasteiger partial charge on any atom is -0.329 e. The molecule has 0 atom stereocenters. The van der Waals surface area contributed by atoms with E-state index in [1.165, 1.54) is 17.4 Å². The highest BCUT2D eigenvalue weighted by Crippen LogP contribution is 2.31. The first-order chi connectivity index (χ1) is 9.11. The Morgan fingerprint density at radius 3 is 2.63 bits per heavy atom. The molecule has 96 valence electrons. The van der Waals surface area contributed by atoms with E-state index in [9.17, 15) is 4.39 Å². The summed E-state index contributed by atoms with van der Waals surface area (Å²) in [5.74, 6) is -0.302. The second-order valence-electron chi connectivity index (χ2n) is 3.88. The third kappa shape index (κ3) is 2.80. The monoisotopic (exact) mass is 400 g/mol. The summed E-state index contributed by atoms with van der Waals surface area (Å²) < 4.78 is 16.5. The number of nitrogens with one attached hydrogen (secondary N) is 1. The van der Waals surface area contributed by atoms with Gasteiger partial charge in [0, 0.05) is 8.95 Å². The number of rotatable bonds is 2. The number of thiazole rings is 1. The zero-order chi connectivity index (χ0) is 13.4. The fourth-order valence-electron chi connectivity index (χ4n) is 1.66. The number of aromatic nitrogens is 1. The highest BCUT2D eigenvalue weighted by atomic mass is 79.9. The minimum atomic E-state index is -0.302. The normalized spacial score (nSPS) is 10.9. The van der Waals surface area contributed by atoms with Gasteiger partial charge >= 0.3 is 0 Å².